The van der Waals surface area contributed by atoms with Gasteiger partial charge in [-0.2, -0.15) is 0 Å². The molecule has 0 aromatic heterocycles. The quantitative estimate of drug-likeness (QED) is 0.812. The van der Waals surface area contributed by atoms with E-state index in [0.717, 1.165) is 6.07 Å². The number of halogens is 3. The Hall–Kier alpha value is -1.56. The van der Waals surface area contributed by atoms with Crippen molar-refractivity contribution in [2.24, 2.45) is 0 Å². The van der Waals surface area contributed by atoms with Crippen LogP contribution in [0.5, 0.6) is 0 Å². The Morgan fingerprint density at radius 1 is 1.21 bits per heavy atom. The van der Waals surface area contributed by atoms with Crippen LogP contribution < -0.4 is 0 Å². The van der Waals surface area contributed by atoms with Crippen LogP contribution in [0, 0.1) is 17.5 Å². The van der Waals surface area contributed by atoms with Gasteiger partial charge in [-0.05, 0) is 19.9 Å². The van der Waals surface area contributed by atoms with Gasteiger partial charge in [0.2, 0.25) is 0 Å². The summed E-state index contributed by atoms with van der Waals surface area (Å²) in [6.45, 7) is 3.89. The molecule has 0 amide bonds. The Morgan fingerprint density at radius 2 is 1.79 bits per heavy atom. The summed E-state index contributed by atoms with van der Waals surface area (Å²) in [4.78, 5) is 12.2. The Balaban J connectivity index is 2.84. The highest BCUT2D eigenvalue weighted by Gasteiger charge is 2.16. The van der Waals surface area contributed by atoms with Crippen LogP contribution in [0.4, 0.5) is 13.2 Å². The van der Waals surface area contributed by atoms with Crippen LogP contribution >= 0.6 is 0 Å². The van der Waals surface area contributed by atoms with Crippen molar-refractivity contribution < 1.29 is 23.1 Å². The molecule has 0 radical (unpaired) electrons. The standard InChI is InChI=1S/C13H16F3NO2/c1-8(2)17(4-3-13(18)19)7-9-5-11(15)12(16)6-10(9)14/h5-6,8H,3-4,7H2,1-2H3,(H,18,19). The normalized spacial score (nSPS) is 11.3. The van der Waals surface area contributed by atoms with E-state index in [1.54, 1.807) is 4.90 Å². The van der Waals surface area contributed by atoms with Gasteiger partial charge in [0.25, 0.3) is 0 Å². The SMILES string of the molecule is CC(C)N(CCC(=O)O)Cc1cc(F)c(F)cc1F. The topological polar surface area (TPSA) is 40.5 Å². The lowest BCUT2D eigenvalue weighted by Crippen LogP contribution is -2.32. The fourth-order valence-electron chi connectivity index (χ4n) is 1.66. The van der Waals surface area contributed by atoms with E-state index in [4.69, 9.17) is 5.11 Å². The molecule has 6 heteroatoms. The molecule has 1 aromatic carbocycles. The molecule has 0 saturated carbocycles. The molecule has 0 heterocycles. The molecule has 0 spiro atoms. The Labute approximate surface area is 109 Å². The summed E-state index contributed by atoms with van der Waals surface area (Å²) >= 11 is 0. The van der Waals surface area contributed by atoms with Gasteiger partial charge in [-0.1, -0.05) is 0 Å². The van der Waals surface area contributed by atoms with E-state index >= 15 is 0 Å². The predicted molar refractivity (Wildman–Crippen MR) is 64.1 cm³/mol. The van der Waals surface area contributed by atoms with Crippen molar-refractivity contribution in [3.05, 3.63) is 35.1 Å². The van der Waals surface area contributed by atoms with Crippen LogP contribution in [0.2, 0.25) is 0 Å². The number of benzene rings is 1. The second-order valence-electron chi connectivity index (χ2n) is 4.57. The van der Waals surface area contributed by atoms with Gasteiger partial charge < -0.3 is 5.11 Å². The Morgan fingerprint density at radius 3 is 2.32 bits per heavy atom. The number of rotatable bonds is 6. The molecule has 19 heavy (non-hydrogen) atoms. The van der Waals surface area contributed by atoms with E-state index < -0.39 is 23.4 Å². The second kappa shape index (κ2) is 6.56. The van der Waals surface area contributed by atoms with Gasteiger partial charge in [0.1, 0.15) is 5.82 Å². The summed E-state index contributed by atoms with van der Waals surface area (Å²) in [5, 5.41) is 8.64. The number of carboxylic acid groups (broad SMARTS) is 1. The zero-order valence-electron chi connectivity index (χ0n) is 10.8. The smallest absolute Gasteiger partial charge is 0.304 e. The Bertz CT molecular complexity index is 463. The molecule has 1 aromatic rings. The largest absolute Gasteiger partial charge is 0.481 e. The van der Waals surface area contributed by atoms with Gasteiger partial charge in [-0.3, -0.25) is 9.69 Å². The van der Waals surface area contributed by atoms with E-state index in [2.05, 4.69) is 0 Å². The summed E-state index contributed by atoms with van der Waals surface area (Å²) < 4.78 is 39.4. The molecule has 0 saturated heterocycles. The molecule has 0 aliphatic carbocycles. The van der Waals surface area contributed by atoms with Crippen molar-refractivity contribution in [2.45, 2.75) is 32.9 Å². The van der Waals surface area contributed by atoms with Gasteiger partial charge in [-0.25, -0.2) is 13.2 Å². The fourth-order valence-corrected chi connectivity index (χ4v) is 1.66. The zero-order valence-corrected chi connectivity index (χ0v) is 10.8. The lowest BCUT2D eigenvalue weighted by molar-refractivity contribution is -0.137. The second-order valence-corrected chi connectivity index (χ2v) is 4.57. The third-order valence-corrected chi connectivity index (χ3v) is 2.81. The molecule has 1 rings (SSSR count). The van der Waals surface area contributed by atoms with Crippen molar-refractivity contribution in [1.82, 2.24) is 4.90 Å². The van der Waals surface area contributed by atoms with Crippen molar-refractivity contribution in [3.8, 4) is 0 Å². The number of hydrogen-bond donors (Lipinski definition) is 1. The first kappa shape index (κ1) is 15.5. The van der Waals surface area contributed by atoms with Gasteiger partial charge in [0, 0.05) is 30.8 Å². The minimum atomic E-state index is -1.23. The highest BCUT2D eigenvalue weighted by molar-refractivity contribution is 5.66. The predicted octanol–water partition coefficient (Wildman–Crippen LogP) is 2.79. The minimum Gasteiger partial charge on any atom is -0.481 e. The molecule has 1 N–H and O–H groups in total. The lowest BCUT2D eigenvalue weighted by atomic mass is 10.1. The number of nitrogens with zero attached hydrogens (tertiary/aromatic N) is 1. The maximum absolute atomic E-state index is 13.5. The fraction of sp³-hybridized carbons (Fsp3) is 0.462. The molecule has 106 valence electrons. The van der Waals surface area contributed by atoms with Gasteiger partial charge >= 0.3 is 5.97 Å². The summed E-state index contributed by atoms with van der Waals surface area (Å²) in [6.07, 6.45) is -0.0938. The summed E-state index contributed by atoms with van der Waals surface area (Å²) in [6, 6.07) is 1.27. The molecule has 0 aliphatic heterocycles. The highest BCUT2D eigenvalue weighted by atomic mass is 19.2. The third-order valence-electron chi connectivity index (χ3n) is 2.81. The van der Waals surface area contributed by atoms with E-state index in [9.17, 15) is 18.0 Å². The van der Waals surface area contributed by atoms with Crippen molar-refractivity contribution in [1.29, 1.82) is 0 Å². The molecule has 0 bridgehead atoms. The molecule has 0 fully saturated rings. The van der Waals surface area contributed by atoms with Crippen molar-refractivity contribution >= 4 is 5.97 Å². The summed E-state index contributed by atoms with van der Waals surface area (Å²) in [5.41, 5.74) is 0.0120. The molecule has 0 atom stereocenters. The van der Waals surface area contributed by atoms with Crippen LogP contribution in [-0.2, 0) is 11.3 Å². The Kier molecular flexibility index (Phi) is 5.35. The van der Waals surface area contributed by atoms with E-state index in [1.807, 2.05) is 13.8 Å². The number of aliphatic carboxylic acids is 1. The minimum absolute atomic E-state index is 0.0120. The van der Waals surface area contributed by atoms with Crippen LogP contribution in [0.15, 0.2) is 12.1 Å². The lowest BCUT2D eigenvalue weighted by Gasteiger charge is -2.26. The van der Waals surface area contributed by atoms with Gasteiger partial charge in [-0.15, -0.1) is 0 Å². The van der Waals surface area contributed by atoms with E-state index in [0.29, 0.717) is 6.07 Å². The molecule has 3 nitrogen and oxygen atoms in total. The van der Waals surface area contributed by atoms with E-state index in [-0.39, 0.29) is 31.1 Å². The van der Waals surface area contributed by atoms with Crippen LogP contribution in [0.1, 0.15) is 25.8 Å². The van der Waals surface area contributed by atoms with Crippen molar-refractivity contribution in [3.63, 3.8) is 0 Å². The number of carbonyl (C=O) groups is 1. The maximum atomic E-state index is 13.5. The average molecular weight is 275 g/mol. The van der Waals surface area contributed by atoms with Gasteiger partial charge in [0.05, 0.1) is 6.42 Å². The first-order chi connectivity index (χ1) is 8.81. The molecular formula is C13H16F3NO2. The highest BCUT2D eigenvalue weighted by Crippen LogP contribution is 2.17. The molecular weight excluding hydrogens is 259 g/mol. The van der Waals surface area contributed by atoms with Crippen molar-refractivity contribution in [2.75, 3.05) is 6.54 Å². The zero-order chi connectivity index (χ0) is 14.6. The summed E-state index contributed by atoms with van der Waals surface area (Å²) in [7, 11) is 0. The first-order valence-corrected chi connectivity index (χ1v) is 5.90. The first-order valence-electron chi connectivity index (χ1n) is 5.90. The molecule has 0 unspecified atom stereocenters. The summed E-state index contributed by atoms with van der Waals surface area (Å²) in [5.74, 6) is -4.14. The third kappa shape index (κ3) is 4.55. The number of hydrogen-bond acceptors (Lipinski definition) is 2. The van der Waals surface area contributed by atoms with Crippen LogP contribution in [0.3, 0.4) is 0 Å². The molecule has 0 aliphatic rings. The van der Waals surface area contributed by atoms with Crippen LogP contribution in [-0.4, -0.2) is 28.6 Å². The van der Waals surface area contributed by atoms with Crippen LogP contribution in [0.25, 0.3) is 0 Å². The van der Waals surface area contributed by atoms with E-state index in [1.165, 1.54) is 0 Å². The maximum Gasteiger partial charge on any atom is 0.304 e. The monoisotopic (exact) mass is 275 g/mol. The number of carboxylic acids is 1. The average Bonchev–Trinajstić information content (AvgIpc) is 2.30. The van der Waals surface area contributed by atoms with Gasteiger partial charge in [0.15, 0.2) is 11.6 Å².